The predicted octanol–water partition coefficient (Wildman–Crippen LogP) is 4.20. The number of aliphatic hydroxyl groups excluding tert-OH is 1. The molecule has 2 aromatic heterocycles. The van der Waals surface area contributed by atoms with Gasteiger partial charge in [-0.1, -0.05) is 12.1 Å². The maximum Gasteiger partial charge on any atom is 0.416 e. The van der Waals surface area contributed by atoms with Crippen LogP contribution < -0.4 is 16.0 Å². The zero-order chi connectivity index (χ0) is 33.6. The van der Waals surface area contributed by atoms with Crippen LogP contribution in [0.4, 0.5) is 36.2 Å². The number of alkyl halides is 3. The Morgan fingerprint density at radius 1 is 0.830 bits per heavy atom. The minimum atomic E-state index is -4.59. The number of carbonyl (C=O) groups excluding carboxylic acids is 3. The number of rotatable bonds is 9. The van der Waals surface area contributed by atoms with Crippen molar-refractivity contribution >= 4 is 40.7 Å². The molecule has 0 atom stereocenters. The van der Waals surface area contributed by atoms with Crippen LogP contribution in [0.25, 0.3) is 0 Å². The van der Waals surface area contributed by atoms with E-state index in [1.807, 2.05) is 0 Å². The Hall–Kier alpha value is -5.41. The molecule has 1 saturated heterocycles. The van der Waals surface area contributed by atoms with E-state index in [2.05, 4.69) is 35.8 Å². The zero-order valence-electron chi connectivity index (χ0n) is 25.2. The summed E-state index contributed by atoms with van der Waals surface area (Å²) in [6.07, 6.45) is -0.310. The highest BCUT2D eigenvalue weighted by molar-refractivity contribution is 6.08. The number of nitrogens with zero attached hydrogens (tertiary/aromatic N) is 5. The molecule has 12 nitrogen and oxygen atoms in total. The number of hydrogen-bond donors (Lipinski definition) is 4. The maximum atomic E-state index is 13.1. The number of benzene rings is 2. The summed E-state index contributed by atoms with van der Waals surface area (Å²) in [5.41, 5.74) is 1.06. The Balaban J connectivity index is 1.16. The van der Waals surface area contributed by atoms with Crippen LogP contribution >= 0.6 is 0 Å². The van der Waals surface area contributed by atoms with Gasteiger partial charge in [-0.15, -0.1) is 0 Å². The van der Waals surface area contributed by atoms with Crippen molar-refractivity contribution in [1.82, 2.24) is 24.8 Å². The van der Waals surface area contributed by atoms with Crippen LogP contribution in [0.2, 0.25) is 0 Å². The van der Waals surface area contributed by atoms with Crippen molar-refractivity contribution < 1.29 is 32.7 Å². The van der Waals surface area contributed by atoms with E-state index in [0.29, 0.717) is 49.7 Å². The first-order valence-electron chi connectivity index (χ1n) is 14.6. The van der Waals surface area contributed by atoms with E-state index in [-0.39, 0.29) is 41.0 Å². The molecule has 1 aliphatic rings. The van der Waals surface area contributed by atoms with Crippen LogP contribution in [0.5, 0.6) is 0 Å². The monoisotopic (exact) mass is 648 g/mol. The van der Waals surface area contributed by atoms with Crippen molar-refractivity contribution in [1.29, 1.82) is 0 Å². The lowest BCUT2D eigenvalue weighted by Gasteiger charge is -2.34. The van der Waals surface area contributed by atoms with Crippen LogP contribution in [-0.2, 0) is 6.18 Å². The number of hydrogen-bond acceptors (Lipinski definition) is 9. The van der Waals surface area contributed by atoms with Crippen molar-refractivity contribution in [2.45, 2.75) is 13.1 Å². The first-order valence-corrected chi connectivity index (χ1v) is 14.6. The molecule has 0 saturated carbocycles. The second kappa shape index (κ2) is 14.3. The summed E-state index contributed by atoms with van der Waals surface area (Å²) < 4.78 is 39.2. The lowest BCUT2D eigenvalue weighted by atomic mass is 10.1. The number of aryl methyl sites for hydroxylation is 1. The summed E-state index contributed by atoms with van der Waals surface area (Å²) >= 11 is 0. The molecule has 1 aliphatic heterocycles. The third-order valence-electron chi connectivity index (χ3n) is 7.42. The molecule has 0 unspecified atom stereocenters. The third kappa shape index (κ3) is 8.45. The molecule has 5 rings (SSSR count). The minimum Gasteiger partial charge on any atom is -0.395 e. The molecule has 3 amide bonds. The summed E-state index contributed by atoms with van der Waals surface area (Å²) in [6, 6.07) is 11.9. The average Bonchev–Trinajstić information content (AvgIpc) is 3.06. The fourth-order valence-corrected chi connectivity index (χ4v) is 4.84. The third-order valence-corrected chi connectivity index (χ3v) is 7.42. The first kappa shape index (κ1) is 33.0. The molecule has 1 fully saturated rings. The molecule has 2 aromatic carbocycles. The van der Waals surface area contributed by atoms with Crippen molar-refractivity contribution in [3.05, 3.63) is 101 Å². The van der Waals surface area contributed by atoms with Crippen LogP contribution in [0.3, 0.4) is 0 Å². The van der Waals surface area contributed by atoms with Crippen molar-refractivity contribution in [3.63, 3.8) is 0 Å². The van der Waals surface area contributed by atoms with Gasteiger partial charge in [-0.3, -0.25) is 19.3 Å². The molecule has 0 aliphatic carbocycles. The van der Waals surface area contributed by atoms with E-state index < -0.39 is 23.6 Å². The molecule has 4 aromatic rings. The summed E-state index contributed by atoms with van der Waals surface area (Å²) in [5.74, 6) is -1.22. The molecule has 47 heavy (non-hydrogen) atoms. The Kier molecular flexibility index (Phi) is 10.1. The molecule has 0 spiro atoms. The largest absolute Gasteiger partial charge is 0.416 e. The Morgan fingerprint density at radius 3 is 2.17 bits per heavy atom. The molecule has 0 bridgehead atoms. The normalized spacial score (nSPS) is 13.6. The van der Waals surface area contributed by atoms with Crippen molar-refractivity contribution in [3.8, 4) is 0 Å². The van der Waals surface area contributed by atoms with Crippen molar-refractivity contribution in [2.24, 2.45) is 0 Å². The van der Waals surface area contributed by atoms with E-state index in [9.17, 15) is 27.6 Å². The lowest BCUT2D eigenvalue weighted by molar-refractivity contribution is -0.137. The standard InChI is InChI=1S/C32H31F3N8O4/c1-20-5-6-23(39-28(45)21-3-2-4-22(15-21)32(33,34)35)16-26(20)29(46)40-25-18-37-31(38-19-25)41-24-7-8-27(36-17-24)30(47)43-11-9-42(10-12-43)13-14-44/h2-8,15-19,44H,9-14H2,1H3,(H,39,45)(H,40,46)(H,37,38,41). The van der Waals surface area contributed by atoms with Gasteiger partial charge < -0.3 is 26.0 Å². The van der Waals surface area contributed by atoms with Gasteiger partial charge in [-0.2, -0.15) is 13.2 Å². The van der Waals surface area contributed by atoms with Crippen LogP contribution in [0.15, 0.2) is 73.2 Å². The second-order valence-corrected chi connectivity index (χ2v) is 10.7. The van der Waals surface area contributed by atoms with Crippen LogP contribution in [0.1, 0.15) is 42.3 Å². The number of aromatic nitrogens is 3. The number of nitrogens with one attached hydrogen (secondary N) is 3. The van der Waals surface area contributed by atoms with Gasteiger partial charge in [0.25, 0.3) is 17.7 Å². The minimum absolute atomic E-state index is 0.0842. The van der Waals surface area contributed by atoms with E-state index in [4.69, 9.17) is 5.11 Å². The number of aliphatic hydroxyl groups is 1. The van der Waals surface area contributed by atoms with Gasteiger partial charge in [0.05, 0.1) is 42.1 Å². The van der Waals surface area contributed by atoms with Gasteiger partial charge in [0.15, 0.2) is 0 Å². The fraction of sp³-hybridized carbons (Fsp3) is 0.250. The molecule has 4 N–H and O–H groups in total. The number of piperazine rings is 1. The highest BCUT2D eigenvalue weighted by atomic mass is 19.4. The smallest absolute Gasteiger partial charge is 0.395 e. The summed E-state index contributed by atoms with van der Waals surface area (Å²) in [4.78, 5) is 55.0. The molecule has 244 valence electrons. The van der Waals surface area contributed by atoms with Gasteiger partial charge in [0, 0.05) is 49.5 Å². The Morgan fingerprint density at radius 2 is 1.51 bits per heavy atom. The average molecular weight is 649 g/mol. The predicted molar refractivity (Wildman–Crippen MR) is 168 cm³/mol. The highest BCUT2D eigenvalue weighted by Gasteiger charge is 2.31. The molecule has 3 heterocycles. The Bertz CT molecular complexity index is 1740. The van der Waals surface area contributed by atoms with E-state index >= 15 is 0 Å². The highest BCUT2D eigenvalue weighted by Crippen LogP contribution is 2.30. The number of amides is 3. The van der Waals surface area contributed by atoms with Gasteiger partial charge in [-0.05, 0) is 55.0 Å². The number of β-amino-alcohol motifs (C(OH)–C–C–N with tert-alkyl or cyclic N) is 1. The SMILES string of the molecule is Cc1ccc(NC(=O)c2cccc(C(F)(F)F)c2)cc1C(=O)Nc1cnc(Nc2ccc(C(=O)N3CCN(CCO)CC3)nc2)nc1. The number of carbonyl (C=O) groups is 3. The van der Waals surface area contributed by atoms with E-state index in [1.165, 1.54) is 30.7 Å². The molecule has 0 radical (unpaired) electrons. The van der Waals surface area contributed by atoms with Crippen molar-refractivity contribution in [2.75, 3.05) is 55.3 Å². The summed E-state index contributed by atoms with van der Waals surface area (Å²) in [7, 11) is 0. The second-order valence-electron chi connectivity index (χ2n) is 10.7. The van der Waals surface area contributed by atoms with Gasteiger partial charge in [0.2, 0.25) is 5.95 Å². The summed E-state index contributed by atoms with van der Waals surface area (Å²) in [5, 5.41) is 17.3. The summed E-state index contributed by atoms with van der Waals surface area (Å²) in [6.45, 7) is 4.86. The van der Waals surface area contributed by atoms with Gasteiger partial charge in [-0.25, -0.2) is 15.0 Å². The zero-order valence-corrected chi connectivity index (χ0v) is 25.2. The molecule has 15 heteroatoms. The van der Waals surface area contributed by atoms with Gasteiger partial charge in [0.1, 0.15) is 5.69 Å². The topological polar surface area (TPSA) is 153 Å². The number of pyridine rings is 1. The lowest BCUT2D eigenvalue weighted by Crippen LogP contribution is -2.49. The maximum absolute atomic E-state index is 13.1. The molecular formula is C32H31F3N8O4. The quantitative estimate of drug-likeness (QED) is 0.209. The first-order chi connectivity index (χ1) is 22.5. The number of halogens is 3. The number of anilines is 4. The molecular weight excluding hydrogens is 617 g/mol. The van der Waals surface area contributed by atoms with E-state index in [1.54, 1.807) is 36.1 Å². The fourth-order valence-electron chi connectivity index (χ4n) is 4.84. The Labute approximate surface area is 267 Å². The van der Waals surface area contributed by atoms with E-state index in [0.717, 1.165) is 18.2 Å². The van der Waals surface area contributed by atoms with Gasteiger partial charge >= 0.3 is 6.18 Å². The van der Waals surface area contributed by atoms with Crippen LogP contribution in [-0.4, -0.2) is 86.9 Å². The van der Waals surface area contributed by atoms with Crippen LogP contribution in [0, 0.1) is 6.92 Å².